The molecule has 37 heavy (non-hydrogen) atoms. The lowest BCUT2D eigenvalue weighted by Gasteiger charge is -2.11. The summed E-state index contributed by atoms with van der Waals surface area (Å²) in [7, 11) is 0. The van der Waals surface area contributed by atoms with E-state index in [2.05, 4.69) is 20.5 Å². The van der Waals surface area contributed by atoms with Crippen molar-refractivity contribution in [3.63, 3.8) is 0 Å². The summed E-state index contributed by atoms with van der Waals surface area (Å²) in [4.78, 5) is 30.7. The number of rotatable bonds is 7. The molecular formula is C29H26N6O2. The van der Waals surface area contributed by atoms with Crippen LogP contribution in [0.2, 0.25) is 0 Å². The van der Waals surface area contributed by atoms with Gasteiger partial charge in [-0.1, -0.05) is 30.3 Å². The van der Waals surface area contributed by atoms with E-state index < -0.39 is 0 Å². The van der Waals surface area contributed by atoms with Gasteiger partial charge in [-0.15, -0.1) is 0 Å². The number of hydrogen-bond donors (Lipinski definition) is 1. The fraction of sp³-hybridized carbons (Fsp3) is 0.138. The summed E-state index contributed by atoms with van der Waals surface area (Å²) < 4.78 is 3.39. The van der Waals surface area contributed by atoms with Crippen LogP contribution in [-0.4, -0.2) is 36.2 Å². The largest absolute Gasteiger partial charge is 0.320 e. The third-order valence-corrected chi connectivity index (χ3v) is 6.12. The Bertz CT molecular complexity index is 1650. The first-order valence-electron chi connectivity index (χ1n) is 12.0. The number of carbonyl (C=O) groups excluding carboxylic acids is 2. The third-order valence-electron chi connectivity index (χ3n) is 6.12. The molecule has 0 atom stereocenters. The smallest absolute Gasteiger partial charge is 0.273 e. The molecule has 0 fully saturated rings. The van der Waals surface area contributed by atoms with Gasteiger partial charge in [-0.05, 0) is 62.7 Å². The Labute approximate surface area is 214 Å². The molecule has 0 saturated heterocycles. The number of nitrogens with zero attached hydrogens (tertiary/aromatic N) is 5. The maximum atomic E-state index is 13.4. The monoisotopic (exact) mass is 490 g/mol. The summed E-state index contributed by atoms with van der Waals surface area (Å²) in [6, 6.07) is 18.3. The topological polar surface area (TPSA) is 94.7 Å². The molecule has 2 aromatic carbocycles. The number of fused-ring (bicyclic) bond motifs is 1. The summed E-state index contributed by atoms with van der Waals surface area (Å²) in [6.07, 6.45) is 7.17. The summed E-state index contributed by atoms with van der Waals surface area (Å²) in [5.41, 5.74) is 5.33. The number of aromatic nitrogens is 5. The molecule has 8 heteroatoms. The van der Waals surface area contributed by atoms with Crippen LogP contribution in [0.1, 0.15) is 50.3 Å². The Morgan fingerprint density at radius 1 is 1.00 bits per heavy atom. The van der Waals surface area contributed by atoms with E-state index in [4.69, 9.17) is 0 Å². The number of pyridine rings is 1. The Kier molecular flexibility index (Phi) is 6.47. The van der Waals surface area contributed by atoms with Crippen LogP contribution in [-0.2, 0) is 6.54 Å². The zero-order chi connectivity index (χ0) is 25.9. The second kappa shape index (κ2) is 10.0. The predicted molar refractivity (Wildman–Crippen MR) is 144 cm³/mol. The second-order valence-corrected chi connectivity index (χ2v) is 8.73. The Hall–Kier alpha value is -4.85. The van der Waals surface area contributed by atoms with Crippen LogP contribution in [0.3, 0.4) is 0 Å². The number of nitrogens with one attached hydrogen (secondary N) is 1. The number of anilines is 1. The van der Waals surface area contributed by atoms with Crippen LogP contribution in [0.4, 0.5) is 5.69 Å². The first kappa shape index (κ1) is 23.9. The molecule has 5 aromatic rings. The van der Waals surface area contributed by atoms with Crippen LogP contribution in [0.15, 0.2) is 73.1 Å². The van der Waals surface area contributed by atoms with E-state index in [1.807, 2.05) is 69.4 Å². The Balaban J connectivity index is 1.42. The van der Waals surface area contributed by atoms with E-state index in [0.29, 0.717) is 29.1 Å². The minimum atomic E-state index is -0.264. The molecule has 184 valence electrons. The number of ketones is 1. The average Bonchev–Trinajstić information content (AvgIpc) is 3.51. The number of hydrogen-bond acceptors (Lipinski definition) is 5. The molecule has 0 spiro atoms. The van der Waals surface area contributed by atoms with E-state index in [-0.39, 0.29) is 11.7 Å². The van der Waals surface area contributed by atoms with Crippen molar-refractivity contribution in [2.45, 2.75) is 27.3 Å². The summed E-state index contributed by atoms with van der Waals surface area (Å²) in [5, 5.41) is 12.6. The molecule has 8 nitrogen and oxygen atoms in total. The number of carbonyl (C=O) groups is 2. The van der Waals surface area contributed by atoms with Gasteiger partial charge in [0.05, 0.1) is 23.1 Å². The van der Waals surface area contributed by atoms with Gasteiger partial charge in [0.25, 0.3) is 5.91 Å². The molecule has 0 unspecified atom stereocenters. The molecule has 5 rings (SSSR count). The van der Waals surface area contributed by atoms with Gasteiger partial charge < -0.3 is 5.32 Å². The lowest BCUT2D eigenvalue weighted by molar-refractivity contribution is 0.101. The van der Waals surface area contributed by atoms with Crippen molar-refractivity contribution < 1.29 is 9.59 Å². The lowest BCUT2D eigenvalue weighted by atomic mass is 10.00. The molecule has 0 aliphatic heterocycles. The highest BCUT2D eigenvalue weighted by molar-refractivity contribution is 6.12. The second-order valence-electron chi connectivity index (χ2n) is 8.73. The molecular weight excluding hydrogens is 464 g/mol. The highest BCUT2D eigenvalue weighted by Gasteiger charge is 2.17. The first-order valence-corrected chi connectivity index (χ1v) is 12.0. The van der Waals surface area contributed by atoms with Crippen molar-refractivity contribution >= 4 is 40.6 Å². The molecule has 0 radical (unpaired) electrons. The van der Waals surface area contributed by atoms with Crippen molar-refractivity contribution in [3.8, 4) is 0 Å². The zero-order valence-electron chi connectivity index (χ0n) is 20.8. The molecule has 1 N–H and O–H groups in total. The quantitative estimate of drug-likeness (QED) is 0.309. The van der Waals surface area contributed by atoms with Gasteiger partial charge >= 0.3 is 0 Å². The molecule has 0 saturated carbocycles. The van der Waals surface area contributed by atoms with Gasteiger partial charge in [0.1, 0.15) is 5.69 Å². The molecule has 0 aliphatic rings. The fourth-order valence-electron chi connectivity index (χ4n) is 4.14. The van der Waals surface area contributed by atoms with E-state index >= 15 is 0 Å². The van der Waals surface area contributed by atoms with Crippen LogP contribution < -0.4 is 5.32 Å². The van der Waals surface area contributed by atoms with Gasteiger partial charge in [-0.3, -0.25) is 19.3 Å². The highest BCUT2D eigenvalue weighted by atomic mass is 16.2. The Morgan fingerprint density at radius 3 is 2.59 bits per heavy atom. The van der Waals surface area contributed by atoms with Crippen LogP contribution in [0.25, 0.3) is 23.2 Å². The number of benzene rings is 2. The molecule has 1 amide bonds. The van der Waals surface area contributed by atoms with E-state index in [1.54, 1.807) is 46.0 Å². The van der Waals surface area contributed by atoms with Gasteiger partial charge in [-0.25, -0.2) is 4.68 Å². The predicted octanol–water partition coefficient (Wildman–Crippen LogP) is 5.38. The molecule has 3 heterocycles. The van der Waals surface area contributed by atoms with Crippen molar-refractivity contribution in [1.82, 2.24) is 24.5 Å². The van der Waals surface area contributed by atoms with Crippen molar-refractivity contribution in [1.29, 1.82) is 0 Å². The molecule has 0 bridgehead atoms. The minimum Gasteiger partial charge on any atom is -0.320 e. The van der Waals surface area contributed by atoms with E-state index in [1.165, 1.54) is 0 Å². The third kappa shape index (κ3) is 4.95. The normalized spacial score (nSPS) is 11.3. The van der Waals surface area contributed by atoms with Gasteiger partial charge in [0, 0.05) is 41.1 Å². The SMILES string of the molecule is CCn1nc(C)cc1C(=O)Nc1cc(C(=O)c2ccc3cnn(C=Cc4ccccn4)c3c2)ccc1C. The zero-order valence-corrected chi connectivity index (χ0v) is 20.8. The molecule has 3 aromatic heterocycles. The number of aryl methyl sites for hydroxylation is 3. The van der Waals surface area contributed by atoms with Gasteiger partial charge in [-0.2, -0.15) is 10.2 Å². The average molecular weight is 491 g/mol. The maximum absolute atomic E-state index is 13.4. The fourth-order valence-corrected chi connectivity index (χ4v) is 4.14. The van der Waals surface area contributed by atoms with Crippen LogP contribution >= 0.6 is 0 Å². The van der Waals surface area contributed by atoms with Crippen LogP contribution in [0.5, 0.6) is 0 Å². The number of amides is 1. The van der Waals surface area contributed by atoms with Gasteiger partial charge in [0.15, 0.2) is 5.78 Å². The summed E-state index contributed by atoms with van der Waals surface area (Å²) >= 11 is 0. The van der Waals surface area contributed by atoms with Crippen molar-refractivity contribution in [2.75, 3.05) is 5.32 Å². The lowest BCUT2D eigenvalue weighted by Crippen LogP contribution is -2.18. The van der Waals surface area contributed by atoms with Crippen molar-refractivity contribution in [2.24, 2.45) is 0 Å². The maximum Gasteiger partial charge on any atom is 0.273 e. The van der Waals surface area contributed by atoms with E-state index in [0.717, 1.165) is 27.9 Å². The molecule has 0 aliphatic carbocycles. The van der Waals surface area contributed by atoms with Crippen molar-refractivity contribution in [3.05, 3.63) is 107 Å². The standard InChI is InChI=1S/C29H26N6O2/c1-4-34-27(15-20(3)33-34)29(37)32-25-16-21(9-8-19(25)2)28(36)22-10-11-23-18-31-35(26(23)17-22)14-12-24-7-5-6-13-30-24/h5-18H,4H2,1-3H3,(H,32,37). The van der Waals surface area contributed by atoms with E-state index in [9.17, 15) is 9.59 Å². The Morgan fingerprint density at radius 2 is 1.81 bits per heavy atom. The first-order chi connectivity index (χ1) is 17.9. The summed E-state index contributed by atoms with van der Waals surface area (Å²) in [6.45, 7) is 6.27. The van der Waals surface area contributed by atoms with Crippen LogP contribution in [0, 0.1) is 13.8 Å². The minimum absolute atomic E-state index is 0.145. The summed E-state index contributed by atoms with van der Waals surface area (Å²) in [5.74, 6) is -0.409. The highest BCUT2D eigenvalue weighted by Crippen LogP contribution is 2.23. The van der Waals surface area contributed by atoms with Gasteiger partial charge in [0.2, 0.25) is 0 Å².